The zero-order valence-electron chi connectivity index (χ0n) is 13.3. The van der Waals surface area contributed by atoms with Crippen LogP contribution >= 0.6 is 0 Å². The van der Waals surface area contributed by atoms with E-state index in [0.29, 0.717) is 19.7 Å². The molecule has 4 heteroatoms. The molecule has 1 aliphatic carbocycles. The van der Waals surface area contributed by atoms with Gasteiger partial charge in [-0.2, -0.15) is 0 Å². The monoisotopic (exact) mass is 303 g/mol. The molecule has 1 aliphatic heterocycles. The summed E-state index contributed by atoms with van der Waals surface area (Å²) in [6, 6.07) is 8.16. The first kappa shape index (κ1) is 15.5. The van der Waals surface area contributed by atoms with Crippen molar-refractivity contribution in [2.75, 3.05) is 19.7 Å². The molecule has 2 fully saturated rings. The number of carbonyl (C=O) groups is 1. The summed E-state index contributed by atoms with van der Waals surface area (Å²) in [5.74, 6) is 0.0614. The van der Waals surface area contributed by atoms with Crippen LogP contribution in [-0.2, 0) is 9.53 Å². The highest BCUT2D eigenvalue weighted by molar-refractivity contribution is 5.77. The highest BCUT2D eigenvalue weighted by Gasteiger charge is 2.36. The third-order valence-electron chi connectivity index (χ3n) is 4.97. The molecule has 0 bridgehead atoms. The predicted molar refractivity (Wildman–Crippen MR) is 84.5 cm³/mol. The number of aliphatic hydroxyl groups is 1. The number of benzene rings is 1. The molecule has 3 rings (SSSR count). The van der Waals surface area contributed by atoms with Crippen LogP contribution in [0.4, 0.5) is 0 Å². The first-order chi connectivity index (χ1) is 10.6. The van der Waals surface area contributed by atoms with Crippen molar-refractivity contribution in [1.29, 1.82) is 0 Å². The lowest BCUT2D eigenvalue weighted by Crippen LogP contribution is -2.45. The van der Waals surface area contributed by atoms with Crippen LogP contribution in [0.3, 0.4) is 0 Å². The van der Waals surface area contributed by atoms with Crippen LogP contribution in [0.5, 0.6) is 0 Å². The van der Waals surface area contributed by atoms with Gasteiger partial charge in [0.25, 0.3) is 0 Å². The third kappa shape index (κ3) is 3.33. The van der Waals surface area contributed by atoms with Crippen LogP contribution in [0.2, 0.25) is 0 Å². The van der Waals surface area contributed by atoms with E-state index in [2.05, 4.69) is 19.1 Å². The van der Waals surface area contributed by atoms with Crippen molar-refractivity contribution in [2.45, 2.75) is 50.7 Å². The normalized spacial score (nSPS) is 24.5. The van der Waals surface area contributed by atoms with Gasteiger partial charge >= 0.3 is 0 Å². The number of carbonyl (C=O) groups excluding carboxylic acids is 1. The maximum Gasteiger partial charge on any atom is 0.225 e. The van der Waals surface area contributed by atoms with Crippen LogP contribution in [-0.4, -0.2) is 41.2 Å². The molecule has 1 aromatic rings. The lowest BCUT2D eigenvalue weighted by molar-refractivity contribution is -0.144. The number of hydrogen-bond acceptors (Lipinski definition) is 3. The van der Waals surface area contributed by atoms with Gasteiger partial charge in [-0.1, -0.05) is 37.1 Å². The van der Waals surface area contributed by atoms with E-state index >= 15 is 0 Å². The van der Waals surface area contributed by atoms with Crippen LogP contribution in [0.25, 0.3) is 0 Å². The molecule has 1 atom stereocenters. The Bertz CT molecular complexity index is 537. The minimum absolute atomic E-state index is 0.0582. The summed E-state index contributed by atoms with van der Waals surface area (Å²) in [5.41, 5.74) is 1.57. The summed E-state index contributed by atoms with van der Waals surface area (Å²) >= 11 is 0. The second kappa shape index (κ2) is 6.39. The van der Waals surface area contributed by atoms with Crippen molar-refractivity contribution in [3.05, 3.63) is 35.4 Å². The molecule has 22 heavy (non-hydrogen) atoms. The van der Waals surface area contributed by atoms with Crippen molar-refractivity contribution >= 4 is 5.91 Å². The Morgan fingerprint density at radius 1 is 1.36 bits per heavy atom. The number of nitrogens with zero attached hydrogens (tertiary/aromatic N) is 1. The van der Waals surface area contributed by atoms with E-state index in [-0.39, 0.29) is 18.4 Å². The first-order valence-electron chi connectivity index (χ1n) is 8.25. The number of hydrogen-bond donors (Lipinski definition) is 1. The smallest absolute Gasteiger partial charge is 0.225 e. The second-order valence-electron chi connectivity index (χ2n) is 6.66. The molecular weight excluding hydrogens is 278 g/mol. The SMILES string of the molecule is Cc1ccccc1C1CN(C(=O)CC2(O)CCCC2)CCO1. The topological polar surface area (TPSA) is 49.8 Å². The Labute approximate surface area is 132 Å². The van der Waals surface area contributed by atoms with E-state index in [1.54, 1.807) is 0 Å². The van der Waals surface area contributed by atoms with Gasteiger partial charge in [-0.3, -0.25) is 4.79 Å². The summed E-state index contributed by atoms with van der Waals surface area (Å²) in [6.45, 7) is 3.83. The Hall–Kier alpha value is -1.39. The molecule has 4 nitrogen and oxygen atoms in total. The molecule has 1 N–H and O–H groups in total. The summed E-state index contributed by atoms with van der Waals surface area (Å²) in [7, 11) is 0. The Morgan fingerprint density at radius 2 is 2.09 bits per heavy atom. The molecule has 0 radical (unpaired) electrons. The van der Waals surface area contributed by atoms with Gasteiger partial charge in [-0.25, -0.2) is 0 Å². The highest BCUT2D eigenvalue weighted by atomic mass is 16.5. The summed E-state index contributed by atoms with van der Waals surface area (Å²) in [4.78, 5) is 14.4. The minimum atomic E-state index is -0.770. The molecule has 1 heterocycles. The Kier molecular flexibility index (Phi) is 4.50. The minimum Gasteiger partial charge on any atom is -0.389 e. The third-order valence-corrected chi connectivity index (χ3v) is 4.97. The average Bonchev–Trinajstić information content (AvgIpc) is 2.94. The van der Waals surface area contributed by atoms with Crippen molar-refractivity contribution in [3.8, 4) is 0 Å². The van der Waals surface area contributed by atoms with Crippen LogP contribution in [0.15, 0.2) is 24.3 Å². The first-order valence-corrected chi connectivity index (χ1v) is 8.25. The largest absolute Gasteiger partial charge is 0.389 e. The van der Waals surface area contributed by atoms with Gasteiger partial charge in [-0.05, 0) is 30.9 Å². The molecule has 1 saturated carbocycles. The predicted octanol–water partition coefficient (Wildman–Crippen LogP) is 2.59. The number of rotatable bonds is 3. The van der Waals surface area contributed by atoms with E-state index in [0.717, 1.165) is 31.2 Å². The van der Waals surface area contributed by atoms with Crippen LogP contribution in [0.1, 0.15) is 49.3 Å². The summed E-state index contributed by atoms with van der Waals surface area (Å²) < 4.78 is 5.86. The number of aryl methyl sites for hydroxylation is 1. The van der Waals surface area contributed by atoms with E-state index in [9.17, 15) is 9.90 Å². The van der Waals surface area contributed by atoms with E-state index in [1.165, 1.54) is 5.56 Å². The van der Waals surface area contributed by atoms with E-state index < -0.39 is 5.60 Å². The van der Waals surface area contributed by atoms with E-state index in [4.69, 9.17) is 4.74 Å². The fourth-order valence-electron chi connectivity index (χ4n) is 3.62. The fourth-order valence-corrected chi connectivity index (χ4v) is 3.62. The average molecular weight is 303 g/mol. The van der Waals surface area contributed by atoms with E-state index in [1.807, 2.05) is 17.0 Å². The van der Waals surface area contributed by atoms with Gasteiger partial charge in [0.2, 0.25) is 5.91 Å². The molecule has 120 valence electrons. The number of morpholine rings is 1. The van der Waals surface area contributed by atoms with Gasteiger partial charge in [0.05, 0.1) is 25.2 Å². The highest BCUT2D eigenvalue weighted by Crippen LogP contribution is 2.33. The van der Waals surface area contributed by atoms with Crippen molar-refractivity contribution in [3.63, 3.8) is 0 Å². The van der Waals surface area contributed by atoms with Gasteiger partial charge in [-0.15, -0.1) is 0 Å². The number of amides is 1. The number of ether oxygens (including phenoxy) is 1. The maximum absolute atomic E-state index is 12.5. The summed E-state index contributed by atoms with van der Waals surface area (Å²) in [5, 5.41) is 10.4. The zero-order valence-corrected chi connectivity index (χ0v) is 13.3. The van der Waals surface area contributed by atoms with Gasteiger partial charge < -0.3 is 14.7 Å². The molecule has 1 aromatic carbocycles. The maximum atomic E-state index is 12.5. The molecule has 1 unspecified atom stereocenters. The standard InChI is InChI=1S/C18H25NO3/c1-14-6-2-3-7-15(14)16-13-19(10-11-22-16)17(20)12-18(21)8-4-5-9-18/h2-3,6-7,16,21H,4-5,8-13H2,1H3. The molecule has 1 saturated heterocycles. The van der Waals surface area contributed by atoms with Crippen LogP contribution < -0.4 is 0 Å². The molecule has 1 amide bonds. The Balaban J connectivity index is 1.65. The van der Waals surface area contributed by atoms with Crippen molar-refractivity contribution in [1.82, 2.24) is 4.90 Å². The second-order valence-corrected chi connectivity index (χ2v) is 6.66. The molecule has 0 aromatic heterocycles. The van der Waals surface area contributed by atoms with Crippen molar-refractivity contribution in [2.24, 2.45) is 0 Å². The summed E-state index contributed by atoms with van der Waals surface area (Å²) in [6.07, 6.45) is 3.76. The van der Waals surface area contributed by atoms with Gasteiger partial charge in [0.15, 0.2) is 0 Å². The quantitative estimate of drug-likeness (QED) is 0.934. The molecule has 2 aliphatic rings. The molecular formula is C18H25NO3. The van der Waals surface area contributed by atoms with Crippen LogP contribution in [0, 0.1) is 6.92 Å². The van der Waals surface area contributed by atoms with Gasteiger partial charge in [0.1, 0.15) is 6.10 Å². The molecule has 0 spiro atoms. The van der Waals surface area contributed by atoms with Gasteiger partial charge in [0, 0.05) is 6.54 Å². The fraction of sp³-hybridized carbons (Fsp3) is 0.611. The van der Waals surface area contributed by atoms with Crippen molar-refractivity contribution < 1.29 is 14.6 Å². The lowest BCUT2D eigenvalue weighted by Gasteiger charge is -2.35. The zero-order chi connectivity index (χ0) is 15.6. The Morgan fingerprint density at radius 3 is 2.82 bits per heavy atom. The lowest BCUT2D eigenvalue weighted by atomic mass is 9.96.